The van der Waals surface area contributed by atoms with Crippen LogP contribution in [0.3, 0.4) is 0 Å². The predicted octanol–water partition coefficient (Wildman–Crippen LogP) is 4.89. The molecule has 5 rings (SSSR count). The van der Waals surface area contributed by atoms with E-state index in [1.54, 1.807) is 6.26 Å². The summed E-state index contributed by atoms with van der Waals surface area (Å²) in [6.45, 7) is 8.10. The minimum atomic E-state index is -0.0763. The van der Waals surface area contributed by atoms with Gasteiger partial charge in [-0.05, 0) is 55.7 Å². The lowest BCUT2D eigenvalue weighted by molar-refractivity contribution is 0.0409. The number of fused-ring (bicyclic) bond motifs is 1. The van der Waals surface area contributed by atoms with Gasteiger partial charge in [0.2, 0.25) is 5.71 Å². The van der Waals surface area contributed by atoms with Crippen LogP contribution < -0.4 is 0 Å². The van der Waals surface area contributed by atoms with E-state index in [9.17, 15) is 9.59 Å². The Labute approximate surface area is 199 Å². The van der Waals surface area contributed by atoms with E-state index in [0.29, 0.717) is 37.6 Å². The van der Waals surface area contributed by atoms with Crippen molar-refractivity contribution in [3.05, 3.63) is 94.9 Å². The van der Waals surface area contributed by atoms with Crippen LogP contribution in [0, 0.1) is 13.8 Å². The number of piperazine rings is 1. The first-order chi connectivity index (χ1) is 16.4. The molecule has 0 saturated carbocycles. The van der Waals surface area contributed by atoms with Crippen LogP contribution in [0.25, 0.3) is 11.1 Å². The van der Waals surface area contributed by atoms with Crippen LogP contribution in [0.1, 0.15) is 44.5 Å². The average Bonchev–Trinajstić information content (AvgIpc) is 3.42. The first-order valence-corrected chi connectivity index (χ1v) is 11.7. The Hall–Kier alpha value is -3.80. The van der Waals surface area contributed by atoms with Crippen LogP contribution in [0.15, 0.2) is 71.3 Å². The zero-order chi connectivity index (χ0) is 23.8. The monoisotopic (exact) mass is 455 g/mol. The highest BCUT2D eigenvalue weighted by Gasteiger charge is 2.32. The van der Waals surface area contributed by atoms with Crippen molar-refractivity contribution in [2.75, 3.05) is 19.6 Å². The smallest absolute Gasteiger partial charge is 0.270 e. The van der Waals surface area contributed by atoms with Crippen LogP contribution in [0.5, 0.6) is 0 Å². The maximum Gasteiger partial charge on any atom is 0.270 e. The number of nitrogens with zero attached hydrogens (tertiary/aromatic N) is 3. The number of amides is 2. The van der Waals surface area contributed by atoms with Gasteiger partial charge in [0.05, 0.1) is 12.8 Å². The van der Waals surface area contributed by atoms with Gasteiger partial charge in [-0.3, -0.25) is 9.59 Å². The number of rotatable bonds is 4. The Kier molecular flexibility index (Phi) is 5.74. The Bertz CT molecular complexity index is 1370. The minimum Gasteiger partial charge on any atom is -0.448 e. The SMILES string of the molecule is Cc1ccccc1Cn1c(C(=O)N2CCN(C(=O)c3ccccc3C)C(C)C2)cc2ccoc21. The van der Waals surface area contributed by atoms with E-state index in [1.807, 2.05) is 76.7 Å². The van der Waals surface area contributed by atoms with Crippen molar-refractivity contribution >= 4 is 22.9 Å². The van der Waals surface area contributed by atoms with E-state index in [1.165, 1.54) is 5.56 Å². The average molecular weight is 456 g/mol. The number of carbonyl (C=O) groups is 2. The zero-order valence-electron chi connectivity index (χ0n) is 19.8. The molecule has 1 saturated heterocycles. The number of hydrogen-bond donors (Lipinski definition) is 0. The van der Waals surface area contributed by atoms with Crippen LogP contribution in [-0.4, -0.2) is 51.9 Å². The van der Waals surface area contributed by atoms with Gasteiger partial charge in [-0.25, -0.2) is 0 Å². The standard InChI is InChI=1S/C28H29N3O3/c1-19-8-4-6-10-23(19)18-31-25(16-22-12-15-34-28(22)31)27(33)29-13-14-30(21(3)17-29)26(32)24-11-7-5-9-20(24)2/h4-12,15-16,21H,13-14,17-18H2,1-3H3. The molecule has 34 heavy (non-hydrogen) atoms. The first kappa shape index (κ1) is 22.0. The highest BCUT2D eigenvalue weighted by molar-refractivity contribution is 5.99. The number of aryl methyl sites for hydroxylation is 2. The van der Waals surface area contributed by atoms with Crippen molar-refractivity contribution in [1.82, 2.24) is 14.4 Å². The van der Waals surface area contributed by atoms with Gasteiger partial charge in [0.15, 0.2) is 0 Å². The summed E-state index contributed by atoms with van der Waals surface area (Å²) in [5, 5.41) is 0.915. The molecule has 4 aromatic rings. The molecule has 6 nitrogen and oxygen atoms in total. The number of benzene rings is 2. The molecule has 2 aromatic heterocycles. The Morgan fingerprint density at radius 2 is 1.68 bits per heavy atom. The molecule has 6 heteroatoms. The molecule has 1 atom stereocenters. The van der Waals surface area contributed by atoms with E-state index in [-0.39, 0.29) is 17.9 Å². The molecule has 1 fully saturated rings. The molecule has 0 aliphatic carbocycles. The lowest BCUT2D eigenvalue weighted by Crippen LogP contribution is -2.55. The van der Waals surface area contributed by atoms with Crippen molar-refractivity contribution in [1.29, 1.82) is 0 Å². The van der Waals surface area contributed by atoms with E-state index < -0.39 is 0 Å². The van der Waals surface area contributed by atoms with E-state index in [4.69, 9.17) is 4.42 Å². The fraction of sp³-hybridized carbons (Fsp3) is 0.286. The van der Waals surface area contributed by atoms with Gasteiger partial charge in [0, 0.05) is 36.6 Å². The summed E-state index contributed by atoms with van der Waals surface area (Å²) in [7, 11) is 0. The molecular formula is C28H29N3O3. The Morgan fingerprint density at radius 3 is 2.41 bits per heavy atom. The van der Waals surface area contributed by atoms with Crippen molar-refractivity contribution in [2.24, 2.45) is 0 Å². The fourth-order valence-electron chi connectivity index (χ4n) is 4.84. The lowest BCUT2D eigenvalue weighted by Gasteiger charge is -2.40. The second-order valence-electron chi connectivity index (χ2n) is 9.14. The molecule has 0 radical (unpaired) electrons. The largest absolute Gasteiger partial charge is 0.448 e. The summed E-state index contributed by atoms with van der Waals surface area (Å²) < 4.78 is 7.72. The summed E-state index contributed by atoms with van der Waals surface area (Å²) in [4.78, 5) is 30.6. The summed E-state index contributed by atoms with van der Waals surface area (Å²) in [5.74, 6) is -0.00651. The topological polar surface area (TPSA) is 58.7 Å². The summed E-state index contributed by atoms with van der Waals surface area (Å²) >= 11 is 0. The quantitative estimate of drug-likeness (QED) is 0.440. The predicted molar refractivity (Wildman–Crippen MR) is 132 cm³/mol. The van der Waals surface area contributed by atoms with Gasteiger partial charge in [0.25, 0.3) is 11.8 Å². The van der Waals surface area contributed by atoms with Gasteiger partial charge < -0.3 is 18.8 Å². The molecule has 3 heterocycles. The van der Waals surface area contributed by atoms with Gasteiger partial charge in [0.1, 0.15) is 5.69 Å². The Morgan fingerprint density at radius 1 is 0.941 bits per heavy atom. The number of furan rings is 1. The van der Waals surface area contributed by atoms with Gasteiger partial charge in [-0.2, -0.15) is 0 Å². The number of aromatic nitrogens is 1. The van der Waals surface area contributed by atoms with Crippen LogP contribution in [-0.2, 0) is 6.54 Å². The van der Waals surface area contributed by atoms with E-state index in [2.05, 4.69) is 19.1 Å². The fourth-order valence-corrected chi connectivity index (χ4v) is 4.84. The van der Waals surface area contributed by atoms with Gasteiger partial charge in [-0.1, -0.05) is 42.5 Å². The highest BCUT2D eigenvalue weighted by Crippen LogP contribution is 2.26. The third-order valence-corrected chi connectivity index (χ3v) is 6.86. The van der Waals surface area contributed by atoms with Gasteiger partial charge >= 0.3 is 0 Å². The minimum absolute atomic E-state index is 0.0261. The molecule has 0 bridgehead atoms. The van der Waals surface area contributed by atoms with Crippen LogP contribution >= 0.6 is 0 Å². The summed E-state index contributed by atoms with van der Waals surface area (Å²) in [6, 6.07) is 19.6. The molecule has 174 valence electrons. The third kappa shape index (κ3) is 3.89. The lowest BCUT2D eigenvalue weighted by atomic mass is 10.1. The normalized spacial score (nSPS) is 16.3. The third-order valence-electron chi connectivity index (χ3n) is 6.86. The molecule has 0 spiro atoms. The molecule has 2 aromatic carbocycles. The van der Waals surface area contributed by atoms with Gasteiger partial charge in [-0.15, -0.1) is 0 Å². The highest BCUT2D eigenvalue weighted by atomic mass is 16.3. The van der Waals surface area contributed by atoms with Crippen LogP contribution in [0.4, 0.5) is 0 Å². The summed E-state index contributed by atoms with van der Waals surface area (Å²) in [5.41, 5.74) is 5.33. The van der Waals surface area contributed by atoms with E-state index in [0.717, 1.165) is 22.1 Å². The zero-order valence-corrected chi connectivity index (χ0v) is 19.8. The van der Waals surface area contributed by atoms with E-state index >= 15 is 0 Å². The number of carbonyl (C=O) groups excluding carboxylic acids is 2. The molecule has 1 aliphatic rings. The maximum absolute atomic E-state index is 13.7. The second kappa shape index (κ2) is 8.86. The first-order valence-electron chi connectivity index (χ1n) is 11.7. The molecule has 1 aliphatic heterocycles. The maximum atomic E-state index is 13.7. The molecule has 2 amide bonds. The molecule has 0 N–H and O–H groups in total. The van der Waals surface area contributed by atoms with Crippen LogP contribution in [0.2, 0.25) is 0 Å². The van der Waals surface area contributed by atoms with Crippen molar-refractivity contribution in [2.45, 2.75) is 33.4 Å². The molecular weight excluding hydrogens is 426 g/mol. The second-order valence-corrected chi connectivity index (χ2v) is 9.14. The van der Waals surface area contributed by atoms with Crippen molar-refractivity contribution < 1.29 is 14.0 Å². The Balaban J connectivity index is 1.38. The molecule has 1 unspecified atom stereocenters. The van der Waals surface area contributed by atoms with Crippen molar-refractivity contribution in [3.8, 4) is 0 Å². The summed E-state index contributed by atoms with van der Waals surface area (Å²) in [6.07, 6.45) is 1.66. The number of hydrogen-bond acceptors (Lipinski definition) is 3. The van der Waals surface area contributed by atoms with Crippen molar-refractivity contribution in [3.63, 3.8) is 0 Å².